The quantitative estimate of drug-likeness (QED) is 0.0656. The molecule has 0 radical (unpaired) electrons. The van der Waals surface area contributed by atoms with Crippen molar-refractivity contribution in [2.24, 2.45) is 5.16 Å². The molecule has 14 nitrogen and oxygen atoms in total. The van der Waals surface area contributed by atoms with E-state index in [9.17, 15) is 32.1 Å². The second kappa shape index (κ2) is 11.2. The third-order valence-corrected chi connectivity index (χ3v) is 5.42. The Morgan fingerprint density at radius 3 is 2.55 bits per heavy atom. The molecule has 0 aromatic carbocycles. The van der Waals surface area contributed by atoms with Crippen molar-refractivity contribution < 1.29 is 71.3 Å². The van der Waals surface area contributed by atoms with Crippen LogP contribution in [-0.2, 0) is 39.1 Å². The molecule has 2 rings (SSSR count). The molecular weight excluding hydrogens is 493 g/mol. The van der Waals surface area contributed by atoms with Crippen molar-refractivity contribution in [3.05, 3.63) is 11.1 Å². The molecule has 1 aliphatic rings. The summed E-state index contributed by atoms with van der Waals surface area (Å²) in [5.41, 5.74) is -0.529. The van der Waals surface area contributed by atoms with Crippen molar-refractivity contribution in [1.29, 1.82) is 0 Å². The van der Waals surface area contributed by atoms with Gasteiger partial charge in [-0.25, -0.2) is 22.5 Å². The van der Waals surface area contributed by atoms with Gasteiger partial charge >= 0.3 is 35.5 Å². The number of ether oxygens (including phenoxy) is 1. The third kappa shape index (κ3) is 6.12. The molecule has 3 amide bonds. The Labute approximate surface area is 206 Å². The molecule has 1 saturated heterocycles. The number of thiazole rings is 1. The summed E-state index contributed by atoms with van der Waals surface area (Å²) >= 11 is 6.31. The molecule has 2 heterocycles. The summed E-state index contributed by atoms with van der Waals surface area (Å²) in [6.45, 7) is 0. The van der Waals surface area contributed by atoms with E-state index in [4.69, 9.17) is 11.6 Å². The first-order valence-corrected chi connectivity index (χ1v) is 10.4. The number of hydrogen-bond acceptors (Lipinski definition) is 12. The fourth-order valence-corrected chi connectivity index (χ4v) is 3.90. The number of hydrogen-bond donors (Lipinski definition) is 2. The first-order valence-electron chi connectivity index (χ1n) is 7.65. The number of oxime groups is 1. The van der Waals surface area contributed by atoms with Gasteiger partial charge in [0.1, 0.15) is 24.7 Å². The Hall–Kier alpha value is -1.82. The number of nitrogens with one attached hydrogen (secondary N) is 2. The molecule has 1 fully saturated rings. The molecule has 18 heteroatoms. The van der Waals surface area contributed by atoms with Crippen molar-refractivity contribution in [1.82, 2.24) is 14.6 Å². The maximum absolute atomic E-state index is 12.6. The van der Waals surface area contributed by atoms with Crippen LogP contribution < -0.4 is 40.2 Å². The Kier molecular flexibility index (Phi) is 9.80. The topological polar surface area (TPSA) is 196 Å². The number of nitrogens with zero attached hydrogens (tertiary/aromatic N) is 3. The molecule has 0 bridgehead atoms. The molecule has 0 spiro atoms. The standard InChI is InChI=1S/C13H14ClN5O9S2.Na/c1-27-12(23)9-8(11(22)19(9)30(24,25)26)17-10(21)7(18-28-2)5-4-29-13(15-5)16-6(20)3-14;/h4,8-9H,3H2,1-2H3,(H,17,21)(H,15,16,20)(H,24,25,26);/q;+1/p-1/b18-7-;/t8-,9+;/m1./s1. The van der Waals surface area contributed by atoms with Gasteiger partial charge in [0.15, 0.2) is 27.2 Å². The summed E-state index contributed by atoms with van der Waals surface area (Å²) in [6, 6.07) is -3.59. The van der Waals surface area contributed by atoms with Gasteiger partial charge in [-0.3, -0.25) is 14.4 Å². The van der Waals surface area contributed by atoms with Crippen LogP contribution in [0.3, 0.4) is 0 Å². The number of carbonyl (C=O) groups excluding carboxylic acids is 4. The summed E-state index contributed by atoms with van der Waals surface area (Å²) in [5.74, 6) is -4.52. The number of halogens is 1. The van der Waals surface area contributed by atoms with Crippen LogP contribution in [0, 0.1) is 0 Å². The molecular formula is C13H13ClN5NaO9S2. The molecule has 2 N–H and O–H groups in total. The van der Waals surface area contributed by atoms with E-state index in [0.29, 0.717) is 0 Å². The number of alkyl halides is 1. The minimum Gasteiger partial charge on any atom is -0.731 e. The van der Waals surface area contributed by atoms with Gasteiger partial charge in [-0.15, -0.1) is 22.9 Å². The van der Waals surface area contributed by atoms with Crippen LogP contribution in [0.5, 0.6) is 0 Å². The van der Waals surface area contributed by atoms with E-state index in [1.807, 2.05) is 0 Å². The molecule has 1 aromatic heterocycles. The predicted octanol–water partition coefficient (Wildman–Crippen LogP) is -5.00. The van der Waals surface area contributed by atoms with Crippen molar-refractivity contribution >= 4 is 67.8 Å². The number of aromatic nitrogens is 1. The van der Waals surface area contributed by atoms with Gasteiger partial charge in [-0.05, 0) is 0 Å². The first kappa shape index (κ1) is 27.2. The first-order chi connectivity index (χ1) is 14.0. The molecule has 0 aliphatic carbocycles. The van der Waals surface area contributed by atoms with Crippen LogP contribution >= 0.6 is 22.9 Å². The van der Waals surface area contributed by atoms with Crippen LogP contribution in [0.15, 0.2) is 10.5 Å². The number of carbonyl (C=O) groups is 4. The van der Waals surface area contributed by atoms with Gasteiger partial charge in [-0.1, -0.05) is 5.16 Å². The number of esters is 1. The van der Waals surface area contributed by atoms with E-state index in [2.05, 4.69) is 30.3 Å². The minimum atomic E-state index is -5.32. The summed E-state index contributed by atoms with van der Waals surface area (Å²) < 4.78 is 37.7. The van der Waals surface area contributed by atoms with Gasteiger partial charge in [0.2, 0.25) is 5.91 Å². The van der Waals surface area contributed by atoms with Gasteiger partial charge < -0.3 is 24.8 Å². The molecule has 2 atom stereocenters. The van der Waals surface area contributed by atoms with E-state index in [1.165, 1.54) is 5.38 Å². The van der Waals surface area contributed by atoms with Crippen LogP contribution in [0.1, 0.15) is 5.69 Å². The number of β-lactam (4-membered cyclic amide) rings is 1. The van der Waals surface area contributed by atoms with Gasteiger partial charge in [-0.2, -0.15) is 0 Å². The average Bonchev–Trinajstić information content (AvgIpc) is 3.13. The Balaban J connectivity index is 0.00000480. The molecule has 1 aliphatic heterocycles. The molecule has 0 saturated carbocycles. The van der Waals surface area contributed by atoms with Gasteiger partial charge in [0.05, 0.1) is 7.11 Å². The maximum Gasteiger partial charge on any atom is 1.00 e. The van der Waals surface area contributed by atoms with Gasteiger partial charge in [0, 0.05) is 5.38 Å². The minimum absolute atomic E-state index is 0. The Morgan fingerprint density at radius 1 is 1.39 bits per heavy atom. The molecule has 164 valence electrons. The summed E-state index contributed by atoms with van der Waals surface area (Å²) in [5, 5.41) is 9.35. The Bertz CT molecular complexity index is 1010. The zero-order valence-electron chi connectivity index (χ0n) is 16.1. The van der Waals surface area contributed by atoms with E-state index in [-0.39, 0.29) is 50.6 Å². The van der Waals surface area contributed by atoms with E-state index in [1.54, 1.807) is 0 Å². The number of rotatable bonds is 8. The van der Waals surface area contributed by atoms with Crippen LogP contribution in [0.4, 0.5) is 5.13 Å². The molecule has 31 heavy (non-hydrogen) atoms. The number of anilines is 1. The second-order valence-corrected chi connectivity index (χ2v) is 7.73. The predicted molar refractivity (Wildman–Crippen MR) is 99.3 cm³/mol. The number of amides is 3. The van der Waals surface area contributed by atoms with Crippen molar-refractivity contribution in [3.63, 3.8) is 0 Å². The third-order valence-electron chi connectivity index (χ3n) is 3.53. The summed E-state index contributed by atoms with van der Waals surface area (Å²) in [7, 11) is -3.29. The van der Waals surface area contributed by atoms with Crippen molar-refractivity contribution in [2.75, 3.05) is 25.4 Å². The monoisotopic (exact) mass is 505 g/mol. The smallest absolute Gasteiger partial charge is 0.731 e. The largest absolute Gasteiger partial charge is 1.00 e. The molecule has 1 aromatic rings. The summed E-state index contributed by atoms with van der Waals surface area (Å²) in [6.07, 6.45) is 0. The van der Waals surface area contributed by atoms with Crippen molar-refractivity contribution in [2.45, 2.75) is 12.1 Å². The van der Waals surface area contributed by atoms with Crippen LogP contribution in [-0.4, -0.2) is 83.8 Å². The summed E-state index contributed by atoms with van der Waals surface area (Å²) in [4.78, 5) is 56.2. The maximum atomic E-state index is 12.6. The zero-order chi connectivity index (χ0) is 22.6. The zero-order valence-corrected chi connectivity index (χ0v) is 20.5. The van der Waals surface area contributed by atoms with Crippen LogP contribution in [0.25, 0.3) is 0 Å². The fraction of sp³-hybridized carbons (Fsp3) is 0.385. The SMILES string of the molecule is CO/N=C(\C(=O)N[C@H]1C(=O)N(S(=O)(=O)[O-])[C@@H]1C(=O)OC)c1csc(NC(=O)CCl)n1.[Na+]. The average molecular weight is 506 g/mol. The van der Waals surface area contributed by atoms with Crippen LogP contribution in [0.2, 0.25) is 0 Å². The fourth-order valence-electron chi connectivity index (χ4n) is 2.30. The van der Waals surface area contributed by atoms with Gasteiger partial charge in [0.25, 0.3) is 11.8 Å². The normalized spacial score (nSPS) is 18.4. The van der Waals surface area contributed by atoms with E-state index < -0.39 is 51.8 Å². The second-order valence-electron chi connectivity index (χ2n) is 5.35. The Morgan fingerprint density at radius 2 is 2.03 bits per heavy atom. The van der Waals surface area contributed by atoms with Crippen molar-refractivity contribution in [3.8, 4) is 0 Å². The molecule has 0 unspecified atom stereocenters. The van der Waals surface area contributed by atoms with E-state index in [0.717, 1.165) is 25.6 Å². The van der Waals surface area contributed by atoms with E-state index >= 15 is 0 Å². The number of methoxy groups -OCH3 is 1.